The van der Waals surface area contributed by atoms with Gasteiger partial charge in [-0.25, -0.2) is 0 Å². The molecule has 16 heavy (non-hydrogen) atoms. The van der Waals surface area contributed by atoms with Crippen LogP contribution in [0.4, 0.5) is 0 Å². The van der Waals surface area contributed by atoms with Crippen LogP contribution in [-0.2, 0) is 6.42 Å². The maximum Gasteiger partial charge on any atom is 0.0595 e. The van der Waals surface area contributed by atoms with Gasteiger partial charge in [0.25, 0.3) is 0 Å². The molecule has 2 atom stereocenters. The molecule has 2 nitrogen and oxygen atoms in total. The summed E-state index contributed by atoms with van der Waals surface area (Å²) < 4.78 is 0.989. The van der Waals surface area contributed by atoms with Crippen LogP contribution < -0.4 is 5.32 Å². The third kappa shape index (κ3) is 2.98. The predicted octanol–water partition coefficient (Wildman–Crippen LogP) is 2.62. The number of piperidine rings is 1. The summed E-state index contributed by atoms with van der Waals surface area (Å²) in [6.07, 6.45) is 1.46. The second kappa shape index (κ2) is 5.50. The lowest BCUT2D eigenvalue weighted by Crippen LogP contribution is -2.40. The molecule has 0 aliphatic carbocycles. The Hall–Kier alpha value is -0.0900. The van der Waals surface area contributed by atoms with E-state index in [1.165, 1.54) is 0 Å². The first-order chi connectivity index (χ1) is 7.66. The minimum Gasteiger partial charge on any atom is -0.393 e. The molecule has 0 bridgehead atoms. The summed E-state index contributed by atoms with van der Waals surface area (Å²) in [6.45, 7) is 1.78. The van der Waals surface area contributed by atoms with Gasteiger partial charge in [-0.05, 0) is 37.1 Å². The summed E-state index contributed by atoms with van der Waals surface area (Å²) in [7, 11) is 0. The molecule has 2 rings (SSSR count). The highest BCUT2D eigenvalue weighted by Crippen LogP contribution is 2.25. The van der Waals surface area contributed by atoms with Crippen molar-refractivity contribution in [1.29, 1.82) is 0 Å². The van der Waals surface area contributed by atoms with E-state index in [0.717, 1.165) is 41.0 Å². The highest BCUT2D eigenvalue weighted by atomic mass is 79.9. The molecule has 0 radical (unpaired) electrons. The fourth-order valence-electron chi connectivity index (χ4n) is 2.09. The molecule has 2 unspecified atom stereocenters. The molecule has 0 amide bonds. The summed E-state index contributed by atoms with van der Waals surface area (Å²) in [5.74, 6) is 0.271. The van der Waals surface area contributed by atoms with E-state index < -0.39 is 0 Å². The van der Waals surface area contributed by atoms with Gasteiger partial charge in [0.05, 0.1) is 6.10 Å². The van der Waals surface area contributed by atoms with Crippen LogP contribution in [-0.4, -0.2) is 24.3 Å². The van der Waals surface area contributed by atoms with Gasteiger partial charge in [-0.2, -0.15) is 0 Å². The van der Waals surface area contributed by atoms with Crippen molar-refractivity contribution in [3.05, 3.63) is 33.3 Å². The zero-order valence-corrected chi connectivity index (χ0v) is 11.3. The Labute approximate surface area is 109 Å². The molecule has 1 aliphatic rings. The highest BCUT2D eigenvalue weighted by Gasteiger charge is 2.23. The first-order valence-corrected chi connectivity index (χ1v) is 6.66. The van der Waals surface area contributed by atoms with E-state index in [1.54, 1.807) is 0 Å². The molecule has 4 heteroatoms. The fourth-order valence-corrected chi connectivity index (χ4v) is 2.84. The molecule has 0 spiro atoms. The van der Waals surface area contributed by atoms with Crippen LogP contribution in [0.15, 0.2) is 22.7 Å². The van der Waals surface area contributed by atoms with E-state index in [-0.39, 0.29) is 12.0 Å². The Morgan fingerprint density at radius 1 is 1.50 bits per heavy atom. The van der Waals surface area contributed by atoms with Crippen LogP contribution in [0, 0.1) is 5.92 Å². The van der Waals surface area contributed by atoms with Gasteiger partial charge in [0.15, 0.2) is 0 Å². The zero-order valence-electron chi connectivity index (χ0n) is 8.92. The largest absolute Gasteiger partial charge is 0.393 e. The van der Waals surface area contributed by atoms with Gasteiger partial charge in [0, 0.05) is 22.0 Å². The third-order valence-corrected chi connectivity index (χ3v) is 3.91. The van der Waals surface area contributed by atoms with Gasteiger partial charge >= 0.3 is 0 Å². The van der Waals surface area contributed by atoms with Crippen molar-refractivity contribution in [3.63, 3.8) is 0 Å². The van der Waals surface area contributed by atoms with E-state index in [2.05, 4.69) is 21.2 Å². The normalized spacial score (nSPS) is 25.7. The van der Waals surface area contributed by atoms with Crippen LogP contribution in [0.5, 0.6) is 0 Å². The van der Waals surface area contributed by atoms with Crippen molar-refractivity contribution < 1.29 is 5.11 Å². The molecule has 1 heterocycles. The summed E-state index contributed by atoms with van der Waals surface area (Å²) >= 11 is 9.55. The number of halogens is 2. The predicted molar refractivity (Wildman–Crippen MR) is 69.8 cm³/mol. The fraction of sp³-hybridized carbons (Fsp3) is 0.500. The zero-order chi connectivity index (χ0) is 11.5. The maximum atomic E-state index is 9.88. The minimum atomic E-state index is -0.207. The molecule has 1 fully saturated rings. The molecular formula is C12H15BrClNO. The van der Waals surface area contributed by atoms with Crippen LogP contribution in [0.1, 0.15) is 12.0 Å². The second-order valence-electron chi connectivity index (χ2n) is 4.26. The summed E-state index contributed by atoms with van der Waals surface area (Å²) in [6, 6.07) is 5.91. The molecule has 1 saturated heterocycles. The van der Waals surface area contributed by atoms with Crippen LogP contribution in [0.25, 0.3) is 0 Å². The van der Waals surface area contributed by atoms with Crippen molar-refractivity contribution in [2.75, 3.05) is 13.1 Å². The lowest BCUT2D eigenvalue weighted by Gasteiger charge is -2.28. The SMILES string of the molecule is OC1CCNCC1Cc1ccc(Br)cc1Cl. The van der Waals surface area contributed by atoms with Gasteiger partial charge in [0.2, 0.25) is 0 Å². The van der Waals surface area contributed by atoms with Crippen molar-refractivity contribution >= 4 is 27.5 Å². The molecule has 0 aromatic heterocycles. The molecule has 0 saturated carbocycles. The van der Waals surface area contributed by atoms with Gasteiger partial charge < -0.3 is 10.4 Å². The molecule has 1 aliphatic heterocycles. The maximum absolute atomic E-state index is 9.88. The topological polar surface area (TPSA) is 32.3 Å². The van der Waals surface area contributed by atoms with Gasteiger partial charge in [-0.15, -0.1) is 0 Å². The first-order valence-electron chi connectivity index (χ1n) is 5.49. The van der Waals surface area contributed by atoms with Crippen molar-refractivity contribution in [3.8, 4) is 0 Å². The van der Waals surface area contributed by atoms with Gasteiger partial charge in [0.1, 0.15) is 0 Å². The Kier molecular flexibility index (Phi) is 4.25. The van der Waals surface area contributed by atoms with Gasteiger partial charge in [-0.3, -0.25) is 0 Å². The first kappa shape index (κ1) is 12.4. The van der Waals surface area contributed by atoms with Crippen molar-refractivity contribution in [2.24, 2.45) is 5.92 Å². The van der Waals surface area contributed by atoms with Gasteiger partial charge in [-0.1, -0.05) is 33.6 Å². The number of rotatable bonds is 2. The smallest absolute Gasteiger partial charge is 0.0595 e. The Balaban J connectivity index is 2.07. The molecular weight excluding hydrogens is 289 g/mol. The van der Waals surface area contributed by atoms with Crippen LogP contribution in [0.2, 0.25) is 5.02 Å². The number of aliphatic hydroxyl groups excluding tert-OH is 1. The van der Waals surface area contributed by atoms with Crippen LogP contribution in [0.3, 0.4) is 0 Å². The van der Waals surface area contributed by atoms with E-state index in [9.17, 15) is 5.11 Å². The second-order valence-corrected chi connectivity index (χ2v) is 5.58. The molecule has 1 aromatic carbocycles. The number of aliphatic hydroxyl groups is 1. The average molecular weight is 305 g/mol. The van der Waals surface area contributed by atoms with E-state index >= 15 is 0 Å². The Morgan fingerprint density at radius 2 is 2.31 bits per heavy atom. The minimum absolute atomic E-state index is 0.207. The number of benzene rings is 1. The Bertz CT molecular complexity index is 372. The summed E-state index contributed by atoms with van der Waals surface area (Å²) in [5.41, 5.74) is 1.11. The number of nitrogens with one attached hydrogen (secondary N) is 1. The number of hydrogen-bond donors (Lipinski definition) is 2. The average Bonchev–Trinajstić information content (AvgIpc) is 2.25. The molecule has 2 N–H and O–H groups in total. The van der Waals surface area contributed by atoms with Crippen molar-refractivity contribution in [2.45, 2.75) is 18.9 Å². The molecule has 1 aromatic rings. The van der Waals surface area contributed by atoms with E-state index in [4.69, 9.17) is 11.6 Å². The Morgan fingerprint density at radius 3 is 3.00 bits per heavy atom. The highest BCUT2D eigenvalue weighted by molar-refractivity contribution is 9.10. The third-order valence-electron chi connectivity index (χ3n) is 3.06. The standard InChI is InChI=1S/C12H15BrClNO/c13-10-2-1-8(11(14)6-10)5-9-7-15-4-3-12(9)16/h1-2,6,9,12,15-16H,3-5,7H2. The van der Waals surface area contributed by atoms with E-state index in [1.807, 2.05) is 18.2 Å². The molecule has 88 valence electrons. The number of hydrogen-bond acceptors (Lipinski definition) is 2. The lowest BCUT2D eigenvalue weighted by atomic mass is 9.90. The quantitative estimate of drug-likeness (QED) is 0.880. The van der Waals surface area contributed by atoms with E-state index in [0.29, 0.717) is 0 Å². The van der Waals surface area contributed by atoms with Crippen molar-refractivity contribution in [1.82, 2.24) is 5.32 Å². The van der Waals surface area contributed by atoms with Crippen LogP contribution >= 0.6 is 27.5 Å². The summed E-state index contributed by atoms with van der Waals surface area (Å²) in [4.78, 5) is 0. The summed E-state index contributed by atoms with van der Waals surface area (Å²) in [5, 5.41) is 14.0. The lowest BCUT2D eigenvalue weighted by molar-refractivity contribution is 0.0792. The monoisotopic (exact) mass is 303 g/mol.